The lowest BCUT2D eigenvalue weighted by Crippen LogP contribution is -2.27. The summed E-state index contributed by atoms with van der Waals surface area (Å²) in [5.74, 6) is 5.06. The molecule has 4 fully saturated rings. The van der Waals surface area contributed by atoms with Crippen molar-refractivity contribution in [3.63, 3.8) is 0 Å². The Morgan fingerprint density at radius 1 is 0.756 bits per heavy atom. The van der Waals surface area contributed by atoms with Gasteiger partial charge in [0.05, 0.1) is 0 Å². The molecule has 0 bridgehead atoms. The molecule has 0 aromatic rings. The molecule has 0 amide bonds. The topological polar surface area (TPSA) is 0 Å². The predicted octanol–water partition coefficient (Wildman–Crippen LogP) is 13.2. The van der Waals surface area contributed by atoms with E-state index in [1.165, 1.54) is 119 Å². The summed E-state index contributed by atoms with van der Waals surface area (Å²) in [7, 11) is 0. The van der Waals surface area contributed by atoms with Gasteiger partial charge in [0.2, 0.25) is 0 Å². The van der Waals surface area contributed by atoms with Gasteiger partial charge >= 0.3 is 0 Å². The largest absolute Gasteiger partial charge is 0.0998 e. The summed E-state index contributed by atoms with van der Waals surface area (Å²) in [5, 5.41) is 0. The molecular formula is C41H68. The van der Waals surface area contributed by atoms with Gasteiger partial charge in [0.1, 0.15) is 0 Å². The van der Waals surface area contributed by atoms with E-state index in [1.54, 1.807) is 5.57 Å². The highest BCUT2D eigenvalue weighted by Gasteiger charge is 2.48. The highest BCUT2D eigenvalue weighted by molar-refractivity contribution is 5.27. The molecule has 0 aliphatic heterocycles. The summed E-state index contributed by atoms with van der Waals surface area (Å²) >= 11 is 0. The van der Waals surface area contributed by atoms with Crippen molar-refractivity contribution >= 4 is 0 Å². The molecule has 232 valence electrons. The summed E-state index contributed by atoms with van der Waals surface area (Å²) < 4.78 is 0. The van der Waals surface area contributed by atoms with Crippen molar-refractivity contribution in [1.29, 1.82) is 0 Å². The fourth-order valence-electron chi connectivity index (χ4n) is 8.62. The first-order chi connectivity index (χ1) is 19.4. The smallest absolute Gasteiger partial charge is 0.0109 e. The van der Waals surface area contributed by atoms with E-state index in [-0.39, 0.29) is 0 Å². The average molecular weight is 561 g/mol. The molecule has 4 saturated carbocycles. The number of rotatable bonds is 12. The maximum Gasteiger partial charge on any atom is -0.0109 e. The van der Waals surface area contributed by atoms with Crippen LogP contribution in [0.4, 0.5) is 0 Å². The molecule has 0 heteroatoms. The van der Waals surface area contributed by atoms with Gasteiger partial charge in [-0.2, -0.15) is 0 Å². The lowest BCUT2D eigenvalue weighted by atomic mass is 9.67. The Kier molecular flexibility index (Phi) is 13.3. The lowest BCUT2D eigenvalue weighted by Gasteiger charge is -2.37. The summed E-state index contributed by atoms with van der Waals surface area (Å²) in [6, 6.07) is 0. The Balaban J connectivity index is 0.000000832. The minimum atomic E-state index is 0.322. The average Bonchev–Trinajstić information content (AvgIpc) is 3.18. The quantitative estimate of drug-likeness (QED) is 0.164. The minimum absolute atomic E-state index is 0.322. The molecule has 0 nitrogen and oxygen atoms in total. The zero-order valence-electron chi connectivity index (χ0n) is 28.3. The van der Waals surface area contributed by atoms with Crippen LogP contribution in [0.25, 0.3) is 0 Å². The first kappa shape index (κ1) is 34.2. The first-order valence-corrected chi connectivity index (χ1v) is 17.8. The summed E-state index contributed by atoms with van der Waals surface area (Å²) in [5.41, 5.74) is 7.09. The van der Waals surface area contributed by atoms with Gasteiger partial charge in [-0.3, -0.25) is 0 Å². The van der Waals surface area contributed by atoms with Crippen molar-refractivity contribution in [2.24, 2.45) is 46.8 Å². The molecule has 0 aromatic carbocycles. The SMILES string of the molecule is C=C(CC1CCCCC1)CC(C(=C)C1CC(C)(C)C(C)[C@H]1C(=C)CCC(=C)C(=C)C)C1CCCCC1.CC1CCC1. The number of hydrogen-bond acceptors (Lipinski definition) is 0. The first-order valence-electron chi connectivity index (χ1n) is 17.8. The maximum absolute atomic E-state index is 4.95. The molecule has 0 heterocycles. The second kappa shape index (κ2) is 16.0. The van der Waals surface area contributed by atoms with Crippen molar-refractivity contribution in [3.05, 3.63) is 60.8 Å². The summed E-state index contributed by atoms with van der Waals surface area (Å²) in [6.45, 7) is 34.5. The van der Waals surface area contributed by atoms with E-state index >= 15 is 0 Å². The molecule has 0 N–H and O–H groups in total. The van der Waals surface area contributed by atoms with Crippen LogP contribution in [-0.2, 0) is 0 Å². The van der Waals surface area contributed by atoms with Crippen LogP contribution in [0.1, 0.15) is 150 Å². The van der Waals surface area contributed by atoms with Crippen LogP contribution >= 0.6 is 0 Å². The molecule has 0 saturated heterocycles. The van der Waals surface area contributed by atoms with Crippen LogP contribution in [-0.4, -0.2) is 0 Å². The van der Waals surface area contributed by atoms with Crippen molar-refractivity contribution < 1.29 is 0 Å². The van der Waals surface area contributed by atoms with Crippen LogP contribution in [0.5, 0.6) is 0 Å². The third-order valence-electron chi connectivity index (χ3n) is 12.1. The van der Waals surface area contributed by atoms with Gasteiger partial charge in [-0.15, -0.1) is 0 Å². The van der Waals surface area contributed by atoms with Gasteiger partial charge in [-0.25, -0.2) is 0 Å². The van der Waals surface area contributed by atoms with Gasteiger partial charge in [0, 0.05) is 0 Å². The normalized spacial score (nSPS) is 27.7. The van der Waals surface area contributed by atoms with E-state index < -0.39 is 0 Å². The third-order valence-corrected chi connectivity index (χ3v) is 12.1. The molecular weight excluding hydrogens is 492 g/mol. The van der Waals surface area contributed by atoms with Gasteiger partial charge in [0.25, 0.3) is 0 Å². The van der Waals surface area contributed by atoms with Crippen molar-refractivity contribution in [3.8, 4) is 0 Å². The van der Waals surface area contributed by atoms with Crippen LogP contribution in [0, 0.1) is 46.8 Å². The molecule has 0 spiro atoms. The Bertz CT molecular complexity index is 894. The highest BCUT2D eigenvalue weighted by atomic mass is 14.5. The molecule has 41 heavy (non-hydrogen) atoms. The molecule has 0 radical (unpaired) electrons. The van der Waals surface area contributed by atoms with Crippen molar-refractivity contribution in [1.82, 2.24) is 0 Å². The fraction of sp³-hybridized carbons (Fsp3) is 0.756. The zero-order chi connectivity index (χ0) is 30.2. The standard InChI is InChI=1S/C36H58.C5H10/c1-25(2)27(4)20-21-28(5)35-30(7)36(8,9)24-34(35)29(6)33(32-18-14-11-15-19-32)23-26(3)22-31-16-12-10-13-17-31;1-5-3-2-4-5/h30-35H,1,3-6,10-24H2,2,7-9H3;5H,2-4H2,1H3/t30?,33?,34?,35-;/m1./s1. The van der Waals surface area contributed by atoms with Crippen LogP contribution in [0.3, 0.4) is 0 Å². The third kappa shape index (κ3) is 9.86. The van der Waals surface area contributed by atoms with Gasteiger partial charge in [-0.1, -0.05) is 159 Å². The second-order valence-electron chi connectivity index (χ2n) is 15.9. The number of hydrogen-bond donors (Lipinski definition) is 0. The van der Waals surface area contributed by atoms with E-state index in [1.807, 2.05) is 0 Å². The van der Waals surface area contributed by atoms with E-state index in [0.29, 0.717) is 29.1 Å². The van der Waals surface area contributed by atoms with E-state index in [0.717, 1.165) is 36.2 Å². The number of allylic oxidation sites excluding steroid dienone is 5. The van der Waals surface area contributed by atoms with E-state index in [9.17, 15) is 0 Å². The Morgan fingerprint density at radius 2 is 1.32 bits per heavy atom. The fourth-order valence-corrected chi connectivity index (χ4v) is 8.62. The van der Waals surface area contributed by atoms with E-state index in [2.05, 4.69) is 54.4 Å². The molecule has 4 atom stereocenters. The molecule has 4 aliphatic carbocycles. The zero-order valence-corrected chi connectivity index (χ0v) is 28.3. The van der Waals surface area contributed by atoms with Crippen LogP contribution in [0.2, 0.25) is 0 Å². The van der Waals surface area contributed by atoms with E-state index in [4.69, 9.17) is 13.2 Å². The van der Waals surface area contributed by atoms with Crippen LogP contribution < -0.4 is 0 Å². The summed E-state index contributed by atoms with van der Waals surface area (Å²) in [4.78, 5) is 0. The summed E-state index contributed by atoms with van der Waals surface area (Å²) in [6.07, 6.45) is 24.3. The van der Waals surface area contributed by atoms with Crippen LogP contribution in [0.15, 0.2) is 60.8 Å². The Hall–Kier alpha value is -1.30. The maximum atomic E-state index is 4.95. The van der Waals surface area contributed by atoms with Gasteiger partial charge in [-0.05, 0) is 98.7 Å². The van der Waals surface area contributed by atoms with Crippen molar-refractivity contribution in [2.75, 3.05) is 0 Å². The predicted molar refractivity (Wildman–Crippen MR) is 184 cm³/mol. The second-order valence-corrected chi connectivity index (χ2v) is 15.9. The van der Waals surface area contributed by atoms with Gasteiger partial charge in [0.15, 0.2) is 0 Å². The monoisotopic (exact) mass is 561 g/mol. The lowest BCUT2D eigenvalue weighted by molar-refractivity contribution is 0.246. The Morgan fingerprint density at radius 3 is 1.83 bits per heavy atom. The van der Waals surface area contributed by atoms with Crippen molar-refractivity contribution in [2.45, 2.75) is 150 Å². The molecule has 4 rings (SSSR count). The molecule has 3 unspecified atom stereocenters. The molecule has 0 aromatic heterocycles. The van der Waals surface area contributed by atoms with Gasteiger partial charge < -0.3 is 0 Å². The highest BCUT2D eigenvalue weighted by Crippen LogP contribution is 2.57. The minimum Gasteiger partial charge on any atom is -0.0998 e. The molecule has 4 aliphatic rings. The Labute approximate surface area is 257 Å².